The molecule has 0 aliphatic carbocycles. The maximum Gasteiger partial charge on any atom is 0.244 e. The topological polar surface area (TPSA) is 96.3 Å². The van der Waals surface area contributed by atoms with E-state index in [1.807, 2.05) is 44.3 Å². The predicted octanol–water partition coefficient (Wildman–Crippen LogP) is 1.54. The van der Waals surface area contributed by atoms with Gasteiger partial charge in [-0.1, -0.05) is 30.3 Å². The Hall–Kier alpha value is -3.75. The van der Waals surface area contributed by atoms with Gasteiger partial charge in [0.05, 0.1) is 11.6 Å². The predicted molar refractivity (Wildman–Crippen MR) is 123 cm³/mol. The summed E-state index contributed by atoms with van der Waals surface area (Å²) >= 11 is 0. The summed E-state index contributed by atoms with van der Waals surface area (Å²) in [6, 6.07) is 8.97. The third kappa shape index (κ3) is 4.61. The molecule has 3 aromatic rings. The fraction of sp³-hybridized carbons (Fsp3) is 0.348. The molecule has 4 rings (SSSR count). The average molecular weight is 434 g/mol. The Morgan fingerprint density at radius 1 is 1.09 bits per heavy atom. The van der Waals surface area contributed by atoms with Crippen LogP contribution in [-0.4, -0.2) is 68.7 Å². The van der Waals surface area contributed by atoms with Crippen LogP contribution in [0.3, 0.4) is 0 Å². The van der Waals surface area contributed by atoms with Crippen molar-refractivity contribution < 1.29 is 9.59 Å². The molecule has 3 heterocycles. The van der Waals surface area contributed by atoms with Crippen molar-refractivity contribution in [2.45, 2.75) is 19.9 Å². The van der Waals surface area contributed by atoms with Gasteiger partial charge < -0.3 is 15.1 Å². The van der Waals surface area contributed by atoms with Crippen LogP contribution in [0.1, 0.15) is 18.3 Å². The van der Waals surface area contributed by atoms with E-state index < -0.39 is 6.04 Å². The minimum absolute atomic E-state index is 0.0866. The first-order valence-corrected chi connectivity index (χ1v) is 10.7. The van der Waals surface area contributed by atoms with E-state index in [0.717, 1.165) is 22.4 Å². The van der Waals surface area contributed by atoms with Gasteiger partial charge >= 0.3 is 0 Å². The molecule has 1 saturated heterocycles. The minimum Gasteiger partial charge on any atom is -0.352 e. The number of nitrogens with one attached hydrogen (secondary N) is 1. The highest BCUT2D eigenvalue weighted by atomic mass is 16.2. The van der Waals surface area contributed by atoms with Crippen LogP contribution in [0.4, 0.5) is 5.82 Å². The van der Waals surface area contributed by atoms with Gasteiger partial charge in [-0.05, 0) is 25.5 Å². The van der Waals surface area contributed by atoms with E-state index in [4.69, 9.17) is 0 Å². The van der Waals surface area contributed by atoms with Gasteiger partial charge in [-0.25, -0.2) is 9.97 Å². The van der Waals surface area contributed by atoms with Gasteiger partial charge in [0.15, 0.2) is 5.65 Å². The summed E-state index contributed by atoms with van der Waals surface area (Å²) in [5.74, 6) is 1.16. The van der Waals surface area contributed by atoms with Crippen molar-refractivity contribution in [3.8, 4) is 0 Å². The fourth-order valence-corrected chi connectivity index (χ4v) is 3.83. The number of aryl methyl sites for hydroxylation is 2. The number of carbonyl (C=O) groups excluding carboxylic acids is 2. The Labute approximate surface area is 186 Å². The number of benzene rings is 1. The molecular formula is C23H27N7O2. The van der Waals surface area contributed by atoms with Gasteiger partial charge in [0, 0.05) is 39.3 Å². The zero-order chi connectivity index (χ0) is 22.7. The largest absolute Gasteiger partial charge is 0.352 e. The van der Waals surface area contributed by atoms with Crippen molar-refractivity contribution >= 4 is 34.7 Å². The number of piperazine rings is 1. The van der Waals surface area contributed by atoms with Gasteiger partial charge in [0.25, 0.3) is 0 Å². The molecule has 9 heteroatoms. The van der Waals surface area contributed by atoms with Crippen LogP contribution in [0.25, 0.3) is 17.1 Å². The zero-order valence-corrected chi connectivity index (χ0v) is 18.5. The number of hydrogen-bond acceptors (Lipinski definition) is 6. The molecular weight excluding hydrogens is 406 g/mol. The highest BCUT2D eigenvalue weighted by Crippen LogP contribution is 2.24. The molecule has 1 fully saturated rings. The van der Waals surface area contributed by atoms with Crippen LogP contribution in [-0.2, 0) is 16.6 Å². The maximum absolute atomic E-state index is 12.9. The number of carbonyl (C=O) groups is 2. The molecule has 1 aromatic carbocycles. The Bertz CT molecular complexity index is 1150. The molecule has 0 radical (unpaired) electrons. The molecule has 2 aromatic heterocycles. The van der Waals surface area contributed by atoms with E-state index in [2.05, 4.69) is 25.3 Å². The van der Waals surface area contributed by atoms with Crippen molar-refractivity contribution in [2.75, 3.05) is 31.1 Å². The van der Waals surface area contributed by atoms with Crippen LogP contribution in [0.15, 0.2) is 42.6 Å². The standard InChI is InChI=1S/C23H27N7O2/c1-16(25-20(31)10-9-18-7-5-4-6-8-18)23(32)30-13-11-29(12-14-30)22-19-15-24-28(3)21(19)26-17(2)27-22/h4-10,15-16H,11-14H2,1-3H3,(H,25,31)/b10-9+. The molecule has 2 amide bonds. The van der Waals surface area contributed by atoms with Gasteiger partial charge in [-0.2, -0.15) is 5.10 Å². The SMILES string of the molecule is Cc1nc(N2CCN(C(=O)C(C)NC(=O)/C=C/c3ccccc3)CC2)c2cnn(C)c2n1. The molecule has 1 aliphatic rings. The summed E-state index contributed by atoms with van der Waals surface area (Å²) in [5.41, 5.74) is 1.73. The lowest BCUT2D eigenvalue weighted by Gasteiger charge is -2.36. The molecule has 0 spiro atoms. The first-order valence-electron chi connectivity index (χ1n) is 10.7. The Balaban J connectivity index is 1.34. The third-order valence-corrected chi connectivity index (χ3v) is 5.53. The second-order valence-electron chi connectivity index (χ2n) is 7.89. The lowest BCUT2D eigenvalue weighted by Crippen LogP contribution is -2.54. The van der Waals surface area contributed by atoms with E-state index in [1.54, 1.807) is 28.8 Å². The van der Waals surface area contributed by atoms with Crippen molar-refractivity contribution in [3.63, 3.8) is 0 Å². The average Bonchev–Trinajstić information content (AvgIpc) is 3.18. The van der Waals surface area contributed by atoms with E-state index >= 15 is 0 Å². The van der Waals surface area contributed by atoms with Gasteiger partial charge in [-0.3, -0.25) is 14.3 Å². The summed E-state index contributed by atoms with van der Waals surface area (Å²) in [6.07, 6.45) is 4.96. The van der Waals surface area contributed by atoms with Crippen LogP contribution < -0.4 is 10.2 Å². The molecule has 9 nitrogen and oxygen atoms in total. The number of aromatic nitrogens is 4. The molecule has 166 valence electrons. The molecule has 1 N–H and O–H groups in total. The monoisotopic (exact) mass is 433 g/mol. The Morgan fingerprint density at radius 2 is 1.81 bits per heavy atom. The highest BCUT2D eigenvalue weighted by Gasteiger charge is 2.27. The minimum atomic E-state index is -0.596. The zero-order valence-electron chi connectivity index (χ0n) is 18.5. The Kier molecular flexibility index (Phi) is 6.16. The molecule has 1 unspecified atom stereocenters. The quantitative estimate of drug-likeness (QED) is 0.613. The fourth-order valence-electron chi connectivity index (χ4n) is 3.83. The first kappa shape index (κ1) is 21.5. The van der Waals surface area contributed by atoms with Gasteiger partial charge in [0.2, 0.25) is 11.8 Å². The summed E-state index contributed by atoms with van der Waals surface area (Å²) in [5, 5.41) is 7.97. The number of hydrogen-bond donors (Lipinski definition) is 1. The van der Waals surface area contributed by atoms with E-state index in [9.17, 15) is 9.59 Å². The summed E-state index contributed by atoms with van der Waals surface area (Å²) in [7, 11) is 1.86. The molecule has 0 saturated carbocycles. The highest BCUT2D eigenvalue weighted by molar-refractivity contribution is 5.95. The maximum atomic E-state index is 12.9. The number of rotatable bonds is 5. The third-order valence-electron chi connectivity index (χ3n) is 5.53. The molecule has 1 aliphatic heterocycles. The van der Waals surface area contributed by atoms with Crippen molar-refractivity contribution in [1.29, 1.82) is 0 Å². The number of amides is 2. The molecule has 32 heavy (non-hydrogen) atoms. The number of fused-ring (bicyclic) bond motifs is 1. The van der Waals surface area contributed by atoms with Crippen LogP contribution in [0, 0.1) is 6.92 Å². The molecule has 1 atom stereocenters. The van der Waals surface area contributed by atoms with E-state index in [1.165, 1.54) is 6.08 Å². The smallest absolute Gasteiger partial charge is 0.244 e. The summed E-state index contributed by atoms with van der Waals surface area (Å²) < 4.78 is 1.74. The van der Waals surface area contributed by atoms with E-state index in [-0.39, 0.29) is 11.8 Å². The van der Waals surface area contributed by atoms with E-state index in [0.29, 0.717) is 32.0 Å². The normalized spacial score (nSPS) is 15.3. The lowest BCUT2D eigenvalue weighted by molar-refractivity contribution is -0.135. The summed E-state index contributed by atoms with van der Waals surface area (Å²) in [6.45, 7) is 6.01. The second-order valence-corrected chi connectivity index (χ2v) is 7.89. The number of anilines is 1. The van der Waals surface area contributed by atoms with Crippen molar-refractivity contribution in [1.82, 2.24) is 30.0 Å². The first-order chi connectivity index (χ1) is 15.4. The van der Waals surface area contributed by atoms with Crippen LogP contribution in [0.5, 0.6) is 0 Å². The van der Waals surface area contributed by atoms with Gasteiger partial charge in [-0.15, -0.1) is 0 Å². The second kappa shape index (κ2) is 9.17. The van der Waals surface area contributed by atoms with Crippen LogP contribution >= 0.6 is 0 Å². The lowest BCUT2D eigenvalue weighted by atomic mass is 10.2. The van der Waals surface area contributed by atoms with Crippen molar-refractivity contribution in [3.05, 3.63) is 54.0 Å². The number of nitrogens with zero attached hydrogens (tertiary/aromatic N) is 6. The molecule has 0 bridgehead atoms. The summed E-state index contributed by atoms with van der Waals surface area (Å²) in [4.78, 5) is 38.1. The van der Waals surface area contributed by atoms with Crippen LogP contribution in [0.2, 0.25) is 0 Å². The Morgan fingerprint density at radius 3 is 2.53 bits per heavy atom. The van der Waals surface area contributed by atoms with Gasteiger partial charge in [0.1, 0.15) is 17.7 Å². The van der Waals surface area contributed by atoms with Crippen molar-refractivity contribution in [2.24, 2.45) is 7.05 Å².